The van der Waals surface area contributed by atoms with Gasteiger partial charge in [0.15, 0.2) is 0 Å². The van der Waals surface area contributed by atoms with Crippen LogP contribution in [0.1, 0.15) is 6.92 Å². The molecule has 4 amide bonds. The van der Waals surface area contributed by atoms with E-state index in [1.165, 1.54) is 11.9 Å². The molecular weight excluding hydrogens is 218 g/mol. The molecule has 0 fully saturated rings. The molecule has 0 unspecified atom stereocenters. The van der Waals surface area contributed by atoms with Crippen LogP contribution >= 0.6 is 0 Å². The lowest BCUT2D eigenvalue weighted by atomic mass is 10.3. The molecule has 0 atom stereocenters. The number of rotatable bonds is 2. The van der Waals surface area contributed by atoms with Crippen molar-refractivity contribution >= 4 is 17.7 Å². The van der Waals surface area contributed by atoms with Gasteiger partial charge in [0.1, 0.15) is 0 Å². The van der Waals surface area contributed by atoms with Gasteiger partial charge in [-0.1, -0.05) is 18.2 Å². The van der Waals surface area contributed by atoms with E-state index in [-0.39, 0.29) is 6.03 Å². The Balaban J connectivity index is 2.62. The first-order valence-corrected chi connectivity index (χ1v) is 5.41. The van der Waals surface area contributed by atoms with E-state index in [1.54, 1.807) is 19.2 Å². The second-order valence-electron chi connectivity index (χ2n) is 3.65. The highest BCUT2D eigenvalue weighted by Gasteiger charge is 2.19. The first-order chi connectivity index (χ1) is 8.06. The van der Waals surface area contributed by atoms with Crippen LogP contribution < -0.4 is 5.32 Å². The maximum absolute atomic E-state index is 11.7. The second-order valence-corrected chi connectivity index (χ2v) is 3.65. The van der Waals surface area contributed by atoms with Gasteiger partial charge in [-0.3, -0.25) is 0 Å². The van der Waals surface area contributed by atoms with Crippen LogP contribution in [0.2, 0.25) is 0 Å². The maximum atomic E-state index is 11.7. The zero-order valence-corrected chi connectivity index (χ0v) is 10.3. The molecule has 1 N–H and O–H groups in total. The highest BCUT2D eigenvalue weighted by molar-refractivity contribution is 6.00. The van der Waals surface area contributed by atoms with Crippen molar-refractivity contribution in [1.82, 2.24) is 9.80 Å². The summed E-state index contributed by atoms with van der Waals surface area (Å²) in [5.74, 6) is 0. The Hall–Kier alpha value is -2.04. The van der Waals surface area contributed by atoms with Crippen molar-refractivity contribution in [3.8, 4) is 0 Å². The molecule has 0 bridgehead atoms. The average molecular weight is 235 g/mol. The van der Waals surface area contributed by atoms with Gasteiger partial charge in [0.25, 0.3) is 0 Å². The molecule has 0 heterocycles. The normalized spacial score (nSPS) is 9.59. The third-order valence-electron chi connectivity index (χ3n) is 2.42. The van der Waals surface area contributed by atoms with E-state index in [0.29, 0.717) is 12.2 Å². The molecule has 92 valence electrons. The van der Waals surface area contributed by atoms with E-state index in [0.717, 1.165) is 4.90 Å². The third-order valence-corrected chi connectivity index (χ3v) is 2.42. The first-order valence-electron chi connectivity index (χ1n) is 5.41. The Kier molecular flexibility index (Phi) is 4.51. The van der Waals surface area contributed by atoms with Gasteiger partial charge in [0, 0.05) is 26.3 Å². The number of carbonyl (C=O) groups is 2. The SMILES string of the molecule is CCN(C)C(=O)N(C)C(=O)Nc1ccccc1. The summed E-state index contributed by atoms with van der Waals surface area (Å²) in [5.41, 5.74) is 0.663. The standard InChI is InChI=1S/C12H17N3O2/c1-4-14(2)12(17)15(3)11(16)13-10-8-6-5-7-9-10/h5-9H,4H2,1-3H3,(H,13,16). The van der Waals surface area contributed by atoms with Crippen LogP contribution in [0.5, 0.6) is 0 Å². The molecule has 0 saturated heterocycles. The molecule has 1 rings (SSSR count). The predicted molar refractivity (Wildman–Crippen MR) is 66.9 cm³/mol. The smallest absolute Gasteiger partial charge is 0.328 e. The topological polar surface area (TPSA) is 52.7 Å². The fraction of sp³-hybridized carbons (Fsp3) is 0.333. The molecule has 0 aliphatic heterocycles. The van der Waals surface area contributed by atoms with E-state index in [9.17, 15) is 9.59 Å². The van der Waals surface area contributed by atoms with E-state index in [2.05, 4.69) is 5.32 Å². The van der Waals surface area contributed by atoms with E-state index in [4.69, 9.17) is 0 Å². The van der Waals surface area contributed by atoms with Crippen molar-refractivity contribution in [2.24, 2.45) is 0 Å². The van der Waals surface area contributed by atoms with Crippen LogP contribution in [0, 0.1) is 0 Å². The number of nitrogens with one attached hydrogen (secondary N) is 1. The van der Waals surface area contributed by atoms with Crippen LogP contribution in [0.3, 0.4) is 0 Å². The number of para-hydroxylation sites is 1. The molecule has 5 nitrogen and oxygen atoms in total. The lowest BCUT2D eigenvalue weighted by Crippen LogP contribution is -2.44. The zero-order chi connectivity index (χ0) is 12.8. The van der Waals surface area contributed by atoms with Crippen molar-refractivity contribution in [3.63, 3.8) is 0 Å². The Bertz CT molecular complexity index is 392. The van der Waals surface area contributed by atoms with Gasteiger partial charge in [-0.25, -0.2) is 14.5 Å². The fourth-order valence-corrected chi connectivity index (χ4v) is 1.21. The highest BCUT2D eigenvalue weighted by Crippen LogP contribution is 2.06. The molecule has 0 aromatic heterocycles. The van der Waals surface area contributed by atoms with Crippen LogP contribution in [-0.4, -0.2) is 42.5 Å². The maximum Gasteiger partial charge on any atom is 0.329 e. The Morgan fingerprint density at radius 3 is 2.29 bits per heavy atom. The lowest BCUT2D eigenvalue weighted by Gasteiger charge is -2.22. The van der Waals surface area contributed by atoms with Gasteiger partial charge in [-0.05, 0) is 19.1 Å². The molecule has 1 aromatic rings. The summed E-state index contributed by atoms with van der Waals surface area (Å²) in [7, 11) is 3.10. The highest BCUT2D eigenvalue weighted by atomic mass is 16.2. The minimum absolute atomic E-state index is 0.332. The van der Waals surface area contributed by atoms with Crippen molar-refractivity contribution in [3.05, 3.63) is 30.3 Å². The predicted octanol–water partition coefficient (Wildman–Crippen LogP) is 2.22. The van der Waals surface area contributed by atoms with Crippen molar-refractivity contribution < 1.29 is 9.59 Å². The molecule has 0 aliphatic carbocycles. The molecule has 0 spiro atoms. The lowest BCUT2D eigenvalue weighted by molar-refractivity contribution is 0.177. The van der Waals surface area contributed by atoms with Gasteiger partial charge in [-0.2, -0.15) is 0 Å². The van der Waals surface area contributed by atoms with Crippen LogP contribution in [0.4, 0.5) is 15.3 Å². The summed E-state index contributed by atoms with van der Waals surface area (Å²) in [6.45, 7) is 2.41. The minimum Gasteiger partial charge on any atom is -0.328 e. The summed E-state index contributed by atoms with van der Waals surface area (Å²) in [6, 6.07) is 8.24. The molecule has 0 saturated carbocycles. The number of amides is 4. The zero-order valence-electron chi connectivity index (χ0n) is 10.3. The molecule has 17 heavy (non-hydrogen) atoms. The van der Waals surface area contributed by atoms with Crippen LogP contribution in [0.25, 0.3) is 0 Å². The molecular formula is C12H17N3O2. The molecule has 0 radical (unpaired) electrons. The minimum atomic E-state index is -0.443. The average Bonchev–Trinajstić information content (AvgIpc) is 2.37. The summed E-state index contributed by atoms with van der Waals surface area (Å²) in [5, 5.41) is 2.64. The van der Waals surface area contributed by atoms with E-state index >= 15 is 0 Å². The Morgan fingerprint density at radius 1 is 1.18 bits per heavy atom. The van der Waals surface area contributed by atoms with Crippen LogP contribution in [0.15, 0.2) is 30.3 Å². The van der Waals surface area contributed by atoms with Gasteiger partial charge >= 0.3 is 12.1 Å². The Morgan fingerprint density at radius 2 is 1.76 bits per heavy atom. The quantitative estimate of drug-likeness (QED) is 0.854. The summed E-state index contributed by atoms with van der Waals surface area (Å²) >= 11 is 0. The monoisotopic (exact) mass is 235 g/mol. The summed E-state index contributed by atoms with van der Waals surface area (Å²) in [6.07, 6.45) is 0. The van der Waals surface area contributed by atoms with E-state index < -0.39 is 6.03 Å². The van der Waals surface area contributed by atoms with Crippen molar-refractivity contribution in [2.45, 2.75) is 6.92 Å². The largest absolute Gasteiger partial charge is 0.329 e. The first kappa shape index (κ1) is 13.0. The number of urea groups is 2. The van der Waals surface area contributed by atoms with Gasteiger partial charge in [0.05, 0.1) is 0 Å². The number of carbonyl (C=O) groups excluding carboxylic acids is 2. The second kappa shape index (κ2) is 5.89. The van der Waals surface area contributed by atoms with Gasteiger partial charge in [-0.15, -0.1) is 0 Å². The summed E-state index contributed by atoms with van der Waals surface area (Å²) in [4.78, 5) is 26.0. The molecule has 0 aliphatic rings. The number of nitrogens with zero attached hydrogens (tertiary/aromatic N) is 2. The molecule has 1 aromatic carbocycles. The third kappa shape index (κ3) is 3.48. The summed E-state index contributed by atoms with van der Waals surface area (Å²) < 4.78 is 0. The number of hydrogen-bond acceptors (Lipinski definition) is 2. The number of imide groups is 1. The van der Waals surface area contributed by atoms with E-state index in [1.807, 2.05) is 25.1 Å². The van der Waals surface area contributed by atoms with Gasteiger partial charge < -0.3 is 10.2 Å². The molecule has 5 heteroatoms. The fourth-order valence-electron chi connectivity index (χ4n) is 1.21. The Labute approximate surface area is 101 Å². The van der Waals surface area contributed by atoms with Gasteiger partial charge in [0.2, 0.25) is 0 Å². The number of hydrogen-bond donors (Lipinski definition) is 1. The number of anilines is 1. The van der Waals surface area contributed by atoms with Crippen LogP contribution in [-0.2, 0) is 0 Å². The van der Waals surface area contributed by atoms with Crippen molar-refractivity contribution in [1.29, 1.82) is 0 Å². The number of benzene rings is 1. The van der Waals surface area contributed by atoms with Crippen molar-refractivity contribution in [2.75, 3.05) is 26.0 Å².